The Balaban J connectivity index is 2.12. The highest BCUT2D eigenvalue weighted by atomic mass is 16.5. The molecule has 24 heavy (non-hydrogen) atoms. The van der Waals surface area contributed by atoms with Crippen LogP contribution in [0.1, 0.15) is 6.92 Å². The SMILES string of the molecule is CCOc1ccc2c(=O)c(-c3ccc(OC)c(OC)c3)coc2c1. The zero-order valence-corrected chi connectivity index (χ0v) is 13.8. The number of hydrogen-bond acceptors (Lipinski definition) is 5. The first kappa shape index (κ1) is 15.9. The summed E-state index contributed by atoms with van der Waals surface area (Å²) in [6.45, 7) is 2.46. The van der Waals surface area contributed by atoms with Gasteiger partial charge in [-0.25, -0.2) is 0 Å². The Hall–Kier alpha value is -2.95. The van der Waals surface area contributed by atoms with Gasteiger partial charge in [0.05, 0.1) is 31.8 Å². The van der Waals surface area contributed by atoms with Gasteiger partial charge in [0.2, 0.25) is 0 Å². The highest BCUT2D eigenvalue weighted by Crippen LogP contribution is 2.32. The lowest BCUT2D eigenvalue weighted by atomic mass is 10.0. The number of rotatable bonds is 5. The van der Waals surface area contributed by atoms with Crippen molar-refractivity contribution in [2.45, 2.75) is 6.92 Å². The molecule has 0 spiro atoms. The van der Waals surface area contributed by atoms with Crippen LogP contribution < -0.4 is 19.6 Å². The lowest BCUT2D eigenvalue weighted by Gasteiger charge is -2.10. The van der Waals surface area contributed by atoms with Crippen LogP contribution in [0.5, 0.6) is 17.2 Å². The summed E-state index contributed by atoms with van der Waals surface area (Å²) in [5.74, 6) is 1.83. The Kier molecular flexibility index (Phi) is 4.42. The van der Waals surface area contributed by atoms with Gasteiger partial charge in [0, 0.05) is 6.07 Å². The number of fused-ring (bicyclic) bond motifs is 1. The van der Waals surface area contributed by atoms with Gasteiger partial charge < -0.3 is 18.6 Å². The Morgan fingerprint density at radius 3 is 2.50 bits per heavy atom. The summed E-state index contributed by atoms with van der Waals surface area (Å²) in [7, 11) is 3.12. The van der Waals surface area contributed by atoms with E-state index >= 15 is 0 Å². The van der Waals surface area contributed by atoms with Crippen LogP contribution in [0.2, 0.25) is 0 Å². The summed E-state index contributed by atoms with van der Waals surface area (Å²) in [5.41, 5.74) is 1.56. The molecular weight excluding hydrogens is 308 g/mol. The molecule has 5 nitrogen and oxygen atoms in total. The molecule has 0 atom stereocenters. The third-order valence-electron chi connectivity index (χ3n) is 3.75. The van der Waals surface area contributed by atoms with Gasteiger partial charge in [-0.1, -0.05) is 6.07 Å². The van der Waals surface area contributed by atoms with Gasteiger partial charge in [-0.15, -0.1) is 0 Å². The molecule has 0 bridgehead atoms. The molecule has 0 saturated carbocycles. The average molecular weight is 326 g/mol. The highest BCUT2D eigenvalue weighted by molar-refractivity contribution is 5.83. The van der Waals surface area contributed by atoms with Crippen LogP contribution in [0.25, 0.3) is 22.1 Å². The summed E-state index contributed by atoms with van der Waals surface area (Å²) in [4.78, 5) is 12.8. The molecule has 1 aromatic heterocycles. The largest absolute Gasteiger partial charge is 0.494 e. The molecule has 2 aromatic carbocycles. The van der Waals surface area contributed by atoms with Gasteiger partial charge in [0.15, 0.2) is 16.9 Å². The highest BCUT2D eigenvalue weighted by Gasteiger charge is 2.12. The Bertz CT molecular complexity index is 927. The van der Waals surface area contributed by atoms with Crippen LogP contribution in [0.3, 0.4) is 0 Å². The lowest BCUT2D eigenvalue weighted by molar-refractivity contribution is 0.340. The first-order valence-corrected chi connectivity index (χ1v) is 7.58. The van der Waals surface area contributed by atoms with Crippen molar-refractivity contribution >= 4 is 11.0 Å². The van der Waals surface area contributed by atoms with Gasteiger partial charge in [-0.2, -0.15) is 0 Å². The monoisotopic (exact) mass is 326 g/mol. The van der Waals surface area contributed by atoms with Gasteiger partial charge in [0.25, 0.3) is 0 Å². The first-order chi connectivity index (χ1) is 11.7. The normalized spacial score (nSPS) is 10.6. The molecule has 0 aliphatic carbocycles. The smallest absolute Gasteiger partial charge is 0.200 e. The number of methoxy groups -OCH3 is 2. The third-order valence-corrected chi connectivity index (χ3v) is 3.75. The average Bonchev–Trinajstić information content (AvgIpc) is 2.61. The first-order valence-electron chi connectivity index (χ1n) is 7.58. The van der Waals surface area contributed by atoms with E-state index in [0.29, 0.717) is 46.0 Å². The quantitative estimate of drug-likeness (QED) is 0.712. The van der Waals surface area contributed by atoms with Crippen LogP contribution >= 0.6 is 0 Å². The summed E-state index contributed by atoms with van der Waals surface area (Å²) in [6, 6.07) is 10.5. The second-order valence-corrected chi connectivity index (χ2v) is 5.14. The van der Waals surface area contributed by atoms with Crippen LogP contribution in [0.4, 0.5) is 0 Å². The molecule has 0 saturated heterocycles. The molecule has 0 amide bonds. The van der Waals surface area contributed by atoms with E-state index < -0.39 is 0 Å². The Labute approximate surface area is 139 Å². The Morgan fingerprint density at radius 1 is 1.00 bits per heavy atom. The van der Waals surface area contributed by atoms with Crippen molar-refractivity contribution in [3.63, 3.8) is 0 Å². The predicted octanol–water partition coefficient (Wildman–Crippen LogP) is 3.88. The van der Waals surface area contributed by atoms with E-state index in [4.69, 9.17) is 18.6 Å². The van der Waals surface area contributed by atoms with Crippen molar-refractivity contribution in [1.29, 1.82) is 0 Å². The molecule has 0 radical (unpaired) electrons. The minimum absolute atomic E-state index is 0.105. The topological polar surface area (TPSA) is 57.9 Å². The third kappa shape index (κ3) is 2.80. The molecule has 3 rings (SSSR count). The fourth-order valence-corrected chi connectivity index (χ4v) is 2.57. The van der Waals surface area contributed by atoms with Crippen molar-refractivity contribution in [1.82, 2.24) is 0 Å². The molecular formula is C19H18O5. The number of hydrogen-bond donors (Lipinski definition) is 0. The molecule has 0 aliphatic heterocycles. The second-order valence-electron chi connectivity index (χ2n) is 5.14. The van der Waals surface area contributed by atoms with Crippen molar-refractivity contribution in [3.8, 4) is 28.4 Å². The maximum Gasteiger partial charge on any atom is 0.200 e. The molecule has 3 aromatic rings. The summed E-state index contributed by atoms with van der Waals surface area (Å²) in [6.07, 6.45) is 1.46. The predicted molar refractivity (Wildman–Crippen MR) is 92.2 cm³/mol. The van der Waals surface area contributed by atoms with E-state index in [1.165, 1.54) is 6.26 Å². The van der Waals surface area contributed by atoms with Gasteiger partial charge in [0.1, 0.15) is 17.6 Å². The number of benzene rings is 2. The van der Waals surface area contributed by atoms with Crippen LogP contribution in [0.15, 0.2) is 51.9 Å². The van der Waals surface area contributed by atoms with Crippen LogP contribution in [-0.4, -0.2) is 20.8 Å². The maximum absolute atomic E-state index is 12.8. The van der Waals surface area contributed by atoms with Crippen molar-refractivity contribution in [3.05, 3.63) is 52.9 Å². The molecule has 0 aliphatic rings. The van der Waals surface area contributed by atoms with Crippen molar-refractivity contribution < 1.29 is 18.6 Å². The van der Waals surface area contributed by atoms with E-state index in [9.17, 15) is 4.79 Å². The van der Waals surface area contributed by atoms with Crippen molar-refractivity contribution in [2.75, 3.05) is 20.8 Å². The van der Waals surface area contributed by atoms with E-state index in [1.807, 2.05) is 6.92 Å². The van der Waals surface area contributed by atoms with E-state index in [0.717, 1.165) is 0 Å². The van der Waals surface area contributed by atoms with Crippen molar-refractivity contribution in [2.24, 2.45) is 0 Å². The van der Waals surface area contributed by atoms with Gasteiger partial charge >= 0.3 is 0 Å². The number of ether oxygens (including phenoxy) is 3. The van der Waals surface area contributed by atoms with Crippen LogP contribution in [0, 0.1) is 0 Å². The zero-order chi connectivity index (χ0) is 17.1. The van der Waals surface area contributed by atoms with Gasteiger partial charge in [-0.05, 0) is 36.8 Å². The molecule has 0 N–H and O–H groups in total. The van der Waals surface area contributed by atoms with E-state index in [1.54, 1.807) is 50.6 Å². The van der Waals surface area contributed by atoms with E-state index in [2.05, 4.69) is 0 Å². The zero-order valence-electron chi connectivity index (χ0n) is 13.8. The standard InChI is InChI=1S/C19H18O5/c1-4-23-13-6-7-14-17(10-13)24-11-15(19(14)20)12-5-8-16(21-2)18(9-12)22-3/h5-11H,4H2,1-3H3. The minimum atomic E-state index is -0.105. The Morgan fingerprint density at radius 2 is 1.79 bits per heavy atom. The maximum atomic E-state index is 12.8. The summed E-state index contributed by atoms with van der Waals surface area (Å²) >= 11 is 0. The summed E-state index contributed by atoms with van der Waals surface area (Å²) in [5, 5.41) is 0.505. The fraction of sp³-hybridized carbons (Fsp3) is 0.211. The minimum Gasteiger partial charge on any atom is -0.494 e. The molecule has 124 valence electrons. The van der Waals surface area contributed by atoms with E-state index in [-0.39, 0.29) is 5.43 Å². The fourth-order valence-electron chi connectivity index (χ4n) is 2.57. The molecule has 0 unspecified atom stereocenters. The molecule has 5 heteroatoms. The van der Waals surface area contributed by atoms with Crippen LogP contribution in [-0.2, 0) is 0 Å². The lowest BCUT2D eigenvalue weighted by Crippen LogP contribution is -2.05. The van der Waals surface area contributed by atoms with Gasteiger partial charge in [-0.3, -0.25) is 4.79 Å². The molecule has 0 fully saturated rings. The molecule has 1 heterocycles. The second kappa shape index (κ2) is 6.66. The summed E-state index contributed by atoms with van der Waals surface area (Å²) < 4.78 is 21.6.